The van der Waals surface area contributed by atoms with Gasteiger partial charge in [0.25, 0.3) is 0 Å². The van der Waals surface area contributed by atoms with Crippen molar-refractivity contribution in [1.82, 2.24) is 19.5 Å². The normalized spacial score (nSPS) is 10.8. The van der Waals surface area contributed by atoms with Crippen LogP contribution in [0.15, 0.2) is 12.4 Å². The summed E-state index contributed by atoms with van der Waals surface area (Å²) >= 11 is 4.23. The first kappa shape index (κ1) is 18.4. The van der Waals surface area contributed by atoms with Gasteiger partial charge in [-0.05, 0) is 79.8 Å². The summed E-state index contributed by atoms with van der Waals surface area (Å²) in [6.07, 6.45) is 3.06. The Morgan fingerprint density at radius 2 is 1.86 bits per heavy atom. The predicted octanol–water partition coefficient (Wildman–Crippen LogP) is 3.90. The smallest absolute Gasteiger partial charge is 0.420 e. The number of aromatic nitrogens is 4. The average Bonchev–Trinajstić information content (AvgIpc) is 2.83. The molecule has 0 radical (unpaired) electrons. The molecule has 116 valence electrons. The highest BCUT2D eigenvalue weighted by Crippen LogP contribution is 2.13. The molecule has 2 aromatic rings. The third-order valence-corrected chi connectivity index (χ3v) is 3.45. The maximum atomic E-state index is 11.7. The van der Waals surface area contributed by atoms with Crippen molar-refractivity contribution in [3.05, 3.63) is 31.4 Å². The predicted molar refractivity (Wildman–Crippen MR) is 97.4 cm³/mol. The Hall–Kier alpha value is -0.650. The van der Waals surface area contributed by atoms with Crippen LogP contribution in [0.4, 0.5) is 4.79 Å². The number of aromatic amines is 1. The fraction of sp³-hybridized carbons (Fsp3) is 0.462. The van der Waals surface area contributed by atoms with Gasteiger partial charge in [-0.25, -0.2) is 19.3 Å². The van der Waals surface area contributed by atoms with Crippen molar-refractivity contribution in [2.45, 2.75) is 40.2 Å². The number of carbonyl (C=O) groups excluding carboxylic acids is 1. The molecular formula is C13H18I2N4O2. The molecule has 2 heterocycles. The van der Waals surface area contributed by atoms with Gasteiger partial charge in [0, 0.05) is 0 Å². The zero-order chi connectivity index (χ0) is 16.2. The van der Waals surface area contributed by atoms with Crippen molar-refractivity contribution in [2.24, 2.45) is 0 Å². The standard InChI is InChI=1S/C9H13IN2O2.C4H5IN2/c1-6-11-5-7(10)12(6)8(13)14-9(2,3)4;1-3-6-2-4(5)7-3/h5H,1-4H3;2H,1H3,(H,6,7). The van der Waals surface area contributed by atoms with Crippen LogP contribution in [0.25, 0.3) is 0 Å². The highest BCUT2D eigenvalue weighted by Gasteiger charge is 2.20. The first-order chi connectivity index (χ1) is 9.60. The summed E-state index contributed by atoms with van der Waals surface area (Å²) in [5, 5.41) is 0. The van der Waals surface area contributed by atoms with Gasteiger partial charge in [0.1, 0.15) is 21.0 Å². The van der Waals surface area contributed by atoms with Crippen LogP contribution >= 0.6 is 45.2 Å². The molecule has 0 aliphatic rings. The lowest BCUT2D eigenvalue weighted by atomic mass is 10.2. The summed E-state index contributed by atoms with van der Waals surface area (Å²) in [5.41, 5.74) is -0.475. The number of halogens is 2. The van der Waals surface area contributed by atoms with Gasteiger partial charge in [0.15, 0.2) is 0 Å². The van der Waals surface area contributed by atoms with E-state index in [2.05, 4.69) is 37.5 Å². The lowest BCUT2D eigenvalue weighted by Crippen LogP contribution is -2.28. The Morgan fingerprint density at radius 1 is 1.24 bits per heavy atom. The number of carbonyl (C=O) groups is 1. The number of hydrogen-bond donors (Lipinski definition) is 1. The van der Waals surface area contributed by atoms with Gasteiger partial charge in [0.05, 0.1) is 16.1 Å². The molecule has 0 saturated carbocycles. The molecule has 0 aliphatic carbocycles. The van der Waals surface area contributed by atoms with Gasteiger partial charge in [-0.15, -0.1) is 0 Å². The quantitative estimate of drug-likeness (QED) is 0.540. The largest absolute Gasteiger partial charge is 0.443 e. The van der Waals surface area contributed by atoms with E-state index in [-0.39, 0.29) is 6.09 Å². The van der Waals surface area contributed by atoms with Crippen molar-refractivity contribution in [2.75, 3.05) is 0 Å². The first-order valence-electron chi connectivity index (χ1n) is 6.20. The Morgan fingerprint density at radius 3 is 2.14 bits per heavy atom. The van der Waals surface area contributed by atoms with Crippen LogP contribution in [0.3, 0.4) is 0 Å². The number of ether oxygens (including phenoxy) is 1. The minimum atomic E-state index is -0.475. The summed E-state index contributed by atoms with van der Waals surface area (Å²) in [7, 11) is 0. The van der Waals surface area contributed by atoms with Crippen LogP contribution in [0, 0.1) is 21.2 Å². The number of aryl methyl sites for hydroxylation is 2. The molecule has 21 heavy (non-hydrogen) atoms. The molecule has 0 aliphatic heterocycles. The molecule has 0 spiro atoms. The Balaban J connectivity index is 0.000000262. The number of hydrogen-bond acceptors (Lipinski definition) is 4. The van der Waals surface area contributed by atoms with Crippen LogP contribution in [-0.4, -0.2) is 31.2 Å². The molecule has 2 aromatic heterocycles. The van der Waals surface area contributed by atoms with E-state index in [1.807, 2.05) is 50.3 Å². The summed E-state index contributed by atoms with van der Waals surface area (Å²) in [5.74, 6) is 1.62. The second kappa shape index (κ2) is 7.56. The third-order valence-electron chi connectivity index (χ3n) is 2.14. The lowest BCUT2D eigenvalue weighted by Gasteiger charge is -2.20. The maximum absolute atomic E-state index is 11.7. The molecule has 0 bridgehead atoms. The van der Waals surface area contributed by atoms with Crippen LogP contribution in [0.1, 0.15) is 32.4 Å². The van der Waals surface area contributed by atoms with Crippen molar-refractivity contribution in [1.29, 1.82) is 0 Å². The molecular weight excluding hydrogens is 498 g/mol. The second-order valence-corrected chi connectivity index (χ2v) is 7.53. The van der Waals surface area contributed by atoms with Crippen LogP contribution in [0.2, 0.25) is 0 Å². The van der Waals surface area contributed by atoms with Crippen LogP contribution in [-0.2, 0) is 4.74 Å². The summed E-state index contributed by atoms with van der Waals surface area (Å²) in [4.78, 5) is 22.6. The zero-order valence-corrected chi connectivity index (χ0v) is 16.9. The highest BCUT2D eigenvalue weighted by molar-refractivity contribution is 14.1. The van der Waals surface area contributed by atoms with Gasteiger partial charge in [-0.2, -0.15) is 0 Å². The lowest BCUT2D eigenvalue weighted by molar-refractivity contribution is 0.0529. The minimum absolute atomic E-state index is 0.378. The van der Waals surface area contributed by atoms with Crippen molar-refractivity contribution in [3.8, 4) is 0 Å². The fourth-order valence-corrected chi connectivity index (χ4v) is 2.55. The Labute approximate surface area is 151 Å². The van der Waals surface area contributed by atoms with Crippen molar-refractivity contribution < 1.29 is 9.53 Å². The van der Waals surface area contributed by atoms with Crippen LogP contribution < -0.4 is 0 Å². The van der Waals surface area contributed by atoms with Crippen molar-refractivity contribution >= 4 is 51.3 Å². The minimum Gasteiger partial charge on any atom is -0.443 e. The molecule has 0 amide bonds. The van der Waals surface area contributed by atoms with Crippen molar-refractivity contribution in [3.63, 3.8) is 0 Å². The van der Waals surface area contributed by atoms with Gasteiger partial charge < -0.3 is 9.72 Å². The number of H-pyrrole nitrogens is 1. The first-order valence-corrected chi connectivity index (χ1v) is 8.36. The molecule has 6 nitrogen and oxygen atoms in total. The average molecular weight is 516 g/mol. The zero-order valence-electron chi connectivity index (χ0n) is 12.6. The Bertz CT molecular complexity index is 578. The molecule has 0 saturated heterocycles. The summed E-state index contributed by atoms with van der Waals surface area (Å²) in [6, 6.07) is 0. The van der Waals surface area contributed by atoms with E-state index in [1.54, 1.807) is 19.3 Å². The van der Waals surface area contributed by atoms with E-state index >= 15 is 0 Å². The van der Waals surface area contributed by atoms with E-state index in [0.717, 1.165) is 13.2 Å². The number of nitrogens with zero attached hydrogens (tertiary/aromatic N) is 3. The molecule has 0 aromatic carbocycles. The van der Waals surface area contributed by atoms with Gasteiger partial charge >= 0.3 is 6.09 Å². The van der Waals surface area contributed by atoms with Crippen LogP contribution in [0.5, 0.6) is 0 Å². The van der Waals surface area contributed by atoms with E-state index in [4.69, 9.17) is 4.74 Å². The molecule has 0 unspecified atom stereocenters. The third kappa shape index (κ3) is 6.32. The number of imidazole rings is 2. The monoisotopic (exact) mass is 516 g/mol. The fourth-order valence-electron chi connectivity index (χ4n) is 1.33. The SMILES string of the molecule is Cc1ncc(I)[nH]1.Cc1ncc(I)n1C(=O)OC(C)(C)C. The summed E-state index contributed by atoms with van der Waals surface area (Å²) < 4.78 is 8.52. The highest BCUT2D eigenvalue weighted by atomic mass is 127. The molecule has 0 fully saturated rings. The second-order valence-electron chi connectivity index (χ2n) is 5.26. The number of rotatable bonds is 0. The van der Waals surface area contributed by atoms with Gasteiger partial charge in [-0.3, -0.25) is 0 Å². The maximum Gasteiger partial charge on any atom is 0.420 e. The van der Waals surface area contributed by atoms with E-state index in [9.17, 15) is 4.79 Å². The number of nitrogens with one attached hydrogen (secondary N) is 1. The molecule has 0 atom stereocenters. The van der Waals surface area contributed by atoms with E-state index < -0.39 is 5.60 Å². The van der Waals surface area contributed by atoms with Gasteiger partial charge in [0.2, 0.25) is 0 Å². The van der Waals surface area contributed by atoms with E-state index in [1.165, 1.54) is 4.57 Å². The molecule has 1 N–H and O–H groups in total. The Kier molecular flexibility index (Phi) is 6.63. The topological polar surface area (TPSA) is 72.8 Å². The molecule has 8 heteroatoms. The molecule has 2 rings (SSSR count). The summed E-state index contributed by atoms with van der Waals surface area (Å²) in [6.45, 7) is 9.21. The van der Waals surface area contributed by atoms with E-state index in [0.29, 0.717) is 5.82 Å². The van der Waals surface area contributed by atoms with Gasteiger partial charge in [-0.1, -0.05) is 0 Å².